The van der Waals surface area contributed by atoms with Crippen molar-refractivity contribution in [3.05, 3.63) is 23.6 Å². The number of imidazole rings is 1. The van der Waals surface area contributed by atoms with Crippen LogP contribution < -0.4 is 4.90 Å². The molecule has 0 radical (unpaired) electrons. The van der Waals surface area contributed by atoms with Gasteiger partial charge in [-0.25, -0.2) is 4.98 Å². The van der Waals surface area contributed by atoms with Gasteiger partial charge in [-0.3, -0.25) is 4.40 Å². The second-order valence-electron chi connectivity index (χ2n) is 4.02. The van der Waals surface area contributed by atoms with Crippen molar-refractivity contribution >= 4 is 23.2 Å². The molecule has 0 unspecified atom stereocenters. The van der Waals surface area contributed by atoms with Crippen molar-refractivity contribution in [2.24, 2.45) is 0 Å². The highest BCUT2D eigenvalue weighted by atomic mass is 35.5. The van der Waals surface area contributed by atoms with Crippen LogP contribution in [-0.4, -0.2) is 27.5 Å². The van der Waals surface area contributed by atoms with Crippen molar-refractivity contribution < 1.29 is 0 Å². The fourth-order valence-electron chi connectivity index (χ4n) is 1.90. The molecule has 5 heteroatoms. The molecule has 4 nitrogen and oxygen atoms in total. The van der Waals surface area contributed by atoms with Gasteiger partial charge < -0.3 is 4.90 Å². The molecule has 0 aromatic carbocycles. The lowest BCUT2D eigenvalue weighted by Crippen LogP contribution is -2.26. The molecule has 0 aliphatic heterocycles. The zero-order valence-electron chi connectivity index (χ0n) is 10.2. The van der Waals surface area contributed by atoms with E-state index >= 15 is 0 Å². The average Bonchev–Trinajstić information content (AvgIpc) is 2.77. The van der Waals surface area contributed by atoms with Gasteiger partial charge in [0.05, 0.1) is 0 Å². The number of hydrogen-bond acceptors (Lipinski definition) is 3. The van der Waals surface area contributed by atoms with Crippen molar-refractivity contribution in [1.82, 2.24) is 14.4 Å². The molecule has 0 aliphatic rings. The van der Waals surface area contributed by atoms with Gasteiger partial charge >= 0.3 is 0 Å². The van der Waals surface area contributed by atoms with Gasteiger partial charge in [0, 0.05) is 31.5 Å². The standard InChI is InChI=1S/C12H17ClN4/c1-3-6-16(7-4-2)11-9-10(13)17-8-5-14-12(17)15-11/h5,8-9H,3-4,6-7H2,1-2H3. The van der Waals surface area contributed by atoms with Crippen LogP contribution in [0.25, 0.3) is 5.78 Å². The van der Waals surface area contributed by atoms with E-state index in [0.717, 1.165) is 31.7 Å². The molecule has 0 atom stereocenters. The lowest BCUT2D eigenvalue weighted by molar-refractivity contribution is 0.733. The zero-order chi connectivity index (χ0) is 12.3. The van der Waals surface area contributed by atoms with Gasteiger partial charge in [-0.15, -0.1) is 0 Å². The third-order valence-electron chi connectivity index (χ3n) is 2.63. The monoisotopic (exact) mass is 252 g/mol. The summed E-state index contributed by atoms with van der Waals surface area (Å²) in [4.78, 5) is 11.0. The fraction of sp³-hybridized carbons (Fsp3) is 0.500. The van der Waals surface area contributed by atoms with Gasteiger partial charge in [0.15, 0.2) is 0 Å². The Morgan fingerprint density at radius 3 is 2.65 bits per heavy atom. The molecule has 2 rings (SSSR count). The number of anilines is 1. The van der Waals surface area contributed by atoms with E-state index in [2.05, 4.69) is 28.7 Å². The molecule has 0 amide bonds. The van der Waals surface area contributed by atoms with Crippen LogP contribution in [0.5, 0.6) is 0 Å². The Kier molecular flexibility index (Phi) is 3.84. The molecule has 17 heavy (non-hydrogen) atoms. The Hall–Kier alpha value is -1.29. The lowest BCUT2D eigenvalue weighted by atomic mass is 10.3. The smallest absolute Gasteiger partial charge is 0.236 e. The van der Waals surface area contributed by atoms with E-state index < -0.39 is 0 Å². The average molecular weight is 253 g/mol. The van der Waals surface area contributed by atoms with Crippen LogP contribution >= 0.6 is 11.6 Å². The summed E-state index contributed by atoms with van der Waals surface area (Å²) in [5.41, 5.74) is 0. The summed E-state index contributed by atoms with van der Waals surface area (Å²) in [6.07, 6.45) is 5.72. The van der Waals surface area contributed by atoms with Crippen LogP contribution in [-0.2, 0) is 0 Å². The molecule has 2 aromatic heterocycles. The topological polar surface area (TPSA) is 33.4 Å². The summed E-state index contributed by atoms with van der Waals surface area (Å²) >= 11 is 6.20. The van der Waals surface area contributed by atoms with E-state index in [-0.39, 0.29) is 0 Å². The second-order valence-corrected chi connectivity index (χ2v) is 4.41. The Morgan fingerprint density at radius 1 is 1.29 bits per heavy atom. The first-order valence-electron chi connectivity index (χ1n) is 6.00. The van der Waals surface area contributed by atoms with Gasteiger partial charge in [0.1, 0.15) is 11.0 Å². The van der Waals surface area contributed by atoms with Gasteiger partial charge in [-0.2, -0.15) is 4.98 Å². The minimum atomic E-state index is 0.653. The first kappa shape index (κ1) is 12.2. The van der Waals surface area contributed by atoms with E-state index in [9.17, 15) is 0 Å². The molecular weight excluding hydrogens is 236 g/mol. The molecule has 0 N–H and O–H groups in total. The number of fused-ring (bicyclic) bond motifs is 1. The highest BCUT2D eigenvalue weighted by molar-refractivity contribution is 6.30. The molecule has 2 heterocycles. The Bertz CT molecular complexity index is 488. The molecule has 0 fully saturated rings. The Balaban J connectivity index is 2.38. The molecular formula is C12H17ClN4. The second kappa shape index (κ2) is 5.36. The van der Waals surface area contributed by atoms with Crippen molar-refractivity contribution in [3.63, 3.8) is 0 Å². The lowest BCUT2D eigenvalue weighted by Gasteiger charge is -2.22. The van der Waals surface area contributed by atoms with Crippen molar-refractivity contribution in [2.75, 3.05) is 18.0 Å². The summed E-state index contributed by atoms with van der Waals surface area (Å²) in [5.74, 6) is 1.57. The predicted octanol–water partition coefficient (Wildman–Crippen LogP) is 3.01. The van der Waals surface area contributed by atoms with Crippen molar-refractivity contribution in [1.29, 1.82) is 0 Å². The quantitative estimate of drug-likeness (QED) is 0.767. The Morgan fingerprint density at radius 2 is 2.00 bits per heavy atom. The van der Waals surface area contributed by atoms with Crippen LogP contribution in [0, 0.1) is 0 Å². The van der Waals surface area contributed by atoms with Crippen molar-refractivity contribution in [2.45, 2.75) is 26.7 Å². The van der Waals surface area contributed by atoms with Gasteiger partial charge in [-0.05, 0) is 12.8 Å². The molecule has 0 aliphatic carbocycles. The molecule has 92 valence electrons. The normalized spacial score (nSPS) is 11.0. The van der Waals surface area contributed by atoms with Gasteiger partial charge in [-0.1, -0.05) is 25.4 Å². The molecule has 0 saturated carbocycles. The number of rotatable bonds is 5. The molecule has 0 saturated heterocycles. The SMILES string of the molecule is CCCN(CCC)c1cc(Cl)n2ccnc2n1. The van der Waals surface area contributed by atoms with E-state index in [1.54, 1.807) is 10.6 Å². The first-order valence-corrected chi connectivity index (χ1v) is 6.38. The van der Waals surface area contributed by atoms with Crippen LogP contribution in [0.3, 0.4) is 0 Å². The van der Waals surface area contributed by atoms with E-state index in [1.165, 1.54) is 0 Å². The molecule has 2 aromatic rings. The number of halogens is 1. The minimum absolute atomic E-state index is 0.653. The molecule has 0 spiro atoms. The van der Waals surface area contributed by atoms with Crippen LogP contribution in [0.4, 0.5) is 5.82 Å². The predicted molar refractivity (Wildman–Crippen MR) is 70.8 cm³/mol. The van der Waals surface area contributed by atoms with E-state index in [1.807, 2.05) is 12.3 Å². The zero-order valence-corrected chi connectivity index (χ0v) is 11.0. The van der Waals surface area contributed by atoms with Crippen molar-refractivity contribution in [3.8, 4) is 0 Å². The minimum Gasteiger partial charge on any atom is -0.356 e. The number of hydrogen-bond donors (Lipinski definition) is 0. The third-order valence-corrected chi connectivity index (χ3v) is 2.92. The number of aromatic nitrogens is 3. The van der Waals surface area contributed by atoms with Crippen LogP contribution in [0.1, 0.15) is 26.7 Å². The summed E-state index contributed by atoms with van der Waals surface area (Å²) < 4.78 is 1.78. The fourth-order valence-corrected chi connectivity index (χ4v) is 2.13. The maximum atomic E-state index is 6.20. The Labute approximate surface area is 106 Å². The van der Waals surface area contributed by atoms with Gasteiger partial charge in [0.2, 0.25) is 5.78 Å². The highest BCUT2D eigenvalue weighted by Crippen LogP contribution is 2.19. The maximum Gasteiger partial charge on any atom is 0.236 e. The van der Waals surface area contributed by atoms with Gasteiger partial charge in [0.25, 0.3) is 0 Å². The van der Waals surface area contributed by atoms with Crippen LogP contribution in [0.2, 0.25) is 5.15 Å². The van der Waals surface area contributed by atoms with Crippen LogP contribution in [0.15, 0.2) is 18.5 Å². The summed E-state index contributed by atoms with van der Waals surface area (Å²) in [6, 6.07) is 1.90. The van der Waals surface area contributed by atoms with E-state index in [0.29, 0.717) is 10.9 Å². The maximum absolute atomic E-state index is 6.20. The first-order chi connectivity index (χ1) is 8.26. The summed E-state index contributed by atoms with van der Waals surface area (Å²) in [5, 5.41) is 0.653. The summed E-state index contributed by atoms with van der Waals surface area (Å²) in [6.45, 7) is 6.32. The van der Waals surface area contributed by atoms with E-state index in [4.69, 9.17) is 11.6 Å². The third kappa shape index (κ3) is 2.52. The highest BCUT2D eigenvalue weighted by Gasteiger charge is 2.10. The summed E-state index contributed by atoms with van der Waals surface area (Å²) in [7, 11) is 0. The molecule has 0 bridgehead atoms. The number of nitrogens with zero attached hydrogens (tertiary/aromatic N) is 4. The largest absolute Gasteiger partial charge is 0.356 e.